The van der Waals surface area contributed by atoms with Crippen LogP contribution in [-0.4, -0.2) is 38.0 Å². The Kier molecular flexibility index (Phi) is 5.12. The number of carbonyl (C=O) groups excluding carboxylic acids is 1. The van der Waals surface area contributed by atoms with Gasteiger partial charge in [0.15, 0.2) is 6.10 Å². The van der Waals surface area contributed by atoms with E-state index in [9.17, 15) is 4.79 Å². The third-order valence-corrected chi connectivity index (χ3v) is 2.79. The molecule has 0 bridgehead atoms. The molecular weight excluding hydrogens is 244 g/mol. The van der Waals surface area contributed by atoms with Crippen LogP contribution >= 0.6 is 0 Å². The Morgan fingerprint density at radius 2 is 2.05 bits per heavy atom. The molecule has 0 aliphatic carbocycles. The summed E-state index contributed by atoms with van der Waals surface area (Å²) in [5.41, 5.74) is 1.05. The minimum atomic E-state index is -0.673. The van der Waals surface area contributed by atoms with E-state index in [1.807, 2.05) is 42.5 Å². The quantitative estimate of drug-likeness (QED) is 0.779. The fourth-order valence-electron chi connectivity index (χ4n) is 1.89. The SMILES string of the molecule is CCOC(=O)C1OCCOC1/C=C/c1ccccc1. The van der Waals surface area contributed by atoms with E-state index in [1.165, 1.54) is 0 Å². The first kappa shape index (κ1) is 13.8. The van der Waals surface area contributed by atoms with Crippen LogP contribution in [0.15, 0.2) is 36.4 Å². The summed E-state index contributed by atoms with van der Waals surface area (Å²) in [5, 5.41) is 0. The molecule has 4 nitrogen and oxygen atoms in total. The second-order valence-electron chi connectivity index (χ2n) is 4.15. The van der Waals surface area contributed by atoms with Crippen LogP contribution in [-0.2, 0) is 19.0 Å². The van der Waals surface area contributed by atoms with Gasteiger partial charge in [-0.1, -0.05) is 42.5 Å². The molecule has 1 aromatic rings. The van der Waals surface area contributed by atoms with E-state index in [4.69, 9.17) is 14.2 Å². The normalized spacial score (nSPS) is 23.4. The van der Waals surface area contributed by atoms with Crippen molar-refractivity contribution in [3.8, 4) is 0 Å². The summed E-state index contributed by atoms with van der Waals surface area (Å²) in [5.74, 6) is -0.370. The van der Waals surface area contributed by atoms with Gasteiger partial charge in [0.2, 0.25) is 0 Å². The maximum Gasteiger partial charge on any atom is 0.338 e. The van der Waals surface area contributed by atoms with Gasteiger partial charge in [-0.05, 0) is 12.5 Å². The Morgan fingerprint density at radius 3 is 2.79 bits per heavy atom. The van der Waals surface area contributed by atoms with Crippen LogP contribution in [0.25, 0.3) is 6.08 Å². The van der Waals surface area contributed by atoms with Gasteiger partial charge in [-0.25, -0.2) is 4.79 Å². The first-order chi connectivity index (χ1) is 9.31. The van der Waals surface area contributed by atoms with Crippen LogP contribution in [0.3, 0.4) is 0 Å². The van der Waals surface area contributed by atoms with Crippen molar-refractivity contribution < 1.29 is 19.0 Å². The molecule has 19 heavy (non-hydrogen) atoms. The van der Waals surface area contributed by atoms with Crippen LogP contribution in [0.4, 0.5) is 0 Å². The minimum absolute atomic E-state index is 0.341. The van der Waals surface area contributed by atoms with Gasteiger partial charge in [0.25, 0.3) is 0 Å². The molecule has 0 aromatic heterocycles. The largest absolute Gasteiger partial charge is 0.464 e. The highest BCUT2D eigenvalue weighted by atomic mass is 16.6. The number of benzene rings is 1. The molecule has 0 radical (unpaired) electrons. The molecule has 1 heterocycles. The fourth-order valence-corrected chi connectivity index (χ4v) is 1.89. The van der Waals surface area contributed by atoms with E-state index < -0.39 is 12.2 Å². The molecule has 2 unspecified atom stereocenters. The van der Waals surface area contributed by atoms with Crippen molar-refractivity contribution in [1.29, 1.82) is 0 Å². The highest BCUT2D eigenvalue weighted by Gasteiger charge is 2.32. The lowest BCUT2D eigenvalue weighted by Crippen LogP contribution is -2.43. The average molecular weight is 262 g/mol. The molecule has 1 aromatic carbocycles. The van der Waals surface area contributed by atoms with Crippen molar-refractivity contribution in [3.63, 3.8) is 0 Å². The predicted molar refractivity (Wildman–Crippen MR) is 71.6 cm³/mol. The molecule has 0 saturated carbocycles. The summed E-state index contributed by atoms with van der Waals surface area (Å²) in [6, 6.07) is 9.85. The van der Waals surface area contributed by atoms with Crippen LogP contribution in [0.2, 0.25) is 0 Å². The first-order valence-corrected chi connectivity index (χ1v) is 6.44. The molecule has 0 N–H and O–H groups in total. The van der Waals surface area contributed by atoms with Gasteiger partial charge in [-0.15, -0.1) is 0 Å². The first-order valence-electron chi connectivity index (χ1n) is 6.44. The lowest BCUT2D eigenvalue weighted by Gasteiger charge is -2.28. The fraction of sp³-hybridized carbons (Fsp3) is 0.400. The Labute approximate surface area is 113 Å². The maximum absolute atomic E-state index is 11.8. The molecule has 0 spiro atoms. The monoisotopic (exact) mass is 262 g/mol. The average Bonchev–Trinajstić information content (AvgIpc) is 2.47. The summed E-state index contributed by atoms with van der Waals surface area (Å²) < 4.78 is 16.0. The van der Waals surface area contributed by atoms with Crippen molar-refractivity contribution in [2.24, 2.45) is 0 Å². The summed E-state index contributed by atoms with van der Waals surface area (Å²) in [4.78, 5) is 11.8. The number of esters is 1. The third-order valence-electron chi connectivity index (χ3n) is 2.79. The van der Waals surface area contributed by atoms with E-state index in [0.29, 0.717) is 19.8 Å². The molecule has 102 valence electrons. The summed E-state index contributed by atoms with van der Waals surface area (Å²) in [7, 11) is 0. The topological polar surface area (TPSA) is 44.8 Å². The van der Waals surface area contributed by atoms with Crippen LogP contribution < -0.4 is 0 Å². The second kappa shape index (κ2) is 7.07. The molecule has 4 heteroatoms. The van der Waals surface area contributed by atoms with Crippen molar-refractivity contribution in [2.75, 3.05) is 19.8 Å². The minimum Gasteiger partial charge on any atom is -0.464 e. The molecular formula is C15H18O4. The molecule has 1 saturated heterocycles. The van der Waals surface area contributed by atoms with Gasteiger partial charge in [0.1, 0.15) is 6.10 Å². The Morgan fingerprint density at radius 1 is 1.32 bits per heavy atom. The van der Waals surface area contributed by atoms with Crippen molar-refractivity contribution in [1.82, 2.24) is 0 Å². The zero-order valence-electron chi connectivity index (χ0n) is 11.0. The number of hydrogen-bond acceptors (Lipinski definition) is 4. The van der Waals surface area contributed by atoms with E-state index in [0.717, 1.165) is 5.56 Å². The van der Waals surface area contributed by atoms with Gasteiger partial charge >= 0.3 is 5.97 Å². The zero-order chi connectivity index (χ0) is 13.5. The number of hydrogen-bond donors (Lipinski definition) is 0. The predicted octanol–water partition coefficient (Wildman–Crippen LogP) is 2.05. The molecule has 1 aliphatic rings. The maximum atomic E-state index is 11.8. The van der Waals surface area contributed by atoms with Gasteiger partial charge in [0.05, 0.1) is 19.8 Å². The van der Waals surface area contributed by atoms with Crippen LogP contribution in [0.1, 0.15) is 12.5 Å². The zero-order valence-corrected chi connectivity index (χ0v) is 11.0. The second-order valence-corrected chi connectivity index (χ2v) is 4.15. The van der Waals surface area contributed by atoms with E-state index >= 15 is 0 Å². The Hall–Kier alpha value is -1.65. The van der Waals surface area contributed by atoms with Gasteiger partial charge in [0, 0.05) is 0 Å². The van der Waals surface area contributed by atoms with E-state index in [2.05, 4.69) is 0 Å². The van der Waals surface area contributed by atoms with E-state index in [1.54, 1.807) is 6.92 Å². The Bertz CT molecular complexity index is 427. The highest BCUT2D eigenvalue weighted by Crippen LogP contribution is 2.15. The number of rotatable bonds is 4. The Balaban J connectivity index is 2.03. The van der Waals surface area contributed by atoms with Crippen molar-refractivity contribution >= 4 is 12.0 Å². The van der Waals surface area contributed by atoms with Gasteiger partial charge < -0.3 is 14.2 Å². The highest BCUT2D eigenvalue weighted by molar-refractivity contribution is 5.76. The lowest BCUT2D eigenvalue weighted by atomic mass is 10.1. The molecule has 1 fully saturated rings. The summed E-state index contributed by atoms with van der Waals surface area (Å²) in [6.07, 6.45) is 2.70. The summed E-state index contributed by atoms with van der Waals surface area (Å²) in [6.45, 7) is 3.02. The number of carbonyl (C=O) groups is 1. The van der Waals surface area contributed by atoms with Crippen LogP contribution in [0, 0.1) is 0 Å². The van der Waals surface area contributed by atoms with Crippen molar-refractivity contribution in [3.05, 3.63) is 42.0 Å². The van der Waals surface area contributed by atoms with Gasteiger partial charge in [-0.3, -0.25) is 0 Å². The summed E-state index contributed by atoms with van der Waals surface area (Å²) >= 11 is 0. The lowest BCUT2D eigenvalue weighted by molar-refractivity contribution is -0.178. The van der Waals surface area contributed by atoms with Crippen molar-refractivity contribution in [2.45, 2.75) is 19.1 Å². The number of ether oxygens (including phenoxy) is 3. The van der Waals surface area contributed by atoms with Crippen LogP contribution in [0.5, 0.6) is 0 Å². The molecule has 0 amide bonds. The molecule has 2 rings (SSSR count). The van der Waals surface area contributed by atoms with Gasteiger partial charge in [-0.2, -0.15) is 0 Å². The molecule has 2 atom stereocenters. The van der Waals surface area contributed by atoms with E-state index in [-0.39, 0.29) is 5.97 Å². The molecule has 1 aliphatic heterocycles. The third kappa shape index (κ3) is 3.91. The standard InChI is InChI=1S/C15H18O4/c1-2-17-15(16)14-13(18-10-11-19-14)9-8-12-6-4-3-5-7-12/h3-9,13-14H,2,10-11H2,1H3/b9-8+. The smallest absolute Gasteiger partial charge is 0.338 e.